The Morgan fingerprint density at radius 1 is 1.48 bits per heavy atom. The fraction of sp³-hybridized carbons (Fsp3) is 0.429. The predicted octanol–water partition coefficient (Wildman–Crippen LogP) is 1.04. The molecule has 9 heteroatoms. The number of likely N-dealkylation sites (tertiary alicyclic amines) is 1. The van der Waals surface area contributed by atoms with Crippen LogP contribution in [0.3, 0.4) is 0 Å². The van der Waals surface area contributed by atoms with E-state index in [1.807, 2.05) is 0 Å². The van der Waals surface area contributed by atoms with Gasteiger partial charge in [-0.3, -0.25) is 0 Å². The van der Waals surface area contributed by atoms with E-state index in [2.05, 4.69) is 20.8 Å². The Morgan fingerprint density at radius 3 is 3.09 bits per heavy atom. The minimum atomic E-state index is -0.536. The van der Waals surface area contributed by atoms with Crippen LogP contribution in [0, 0.1) is 11.7 Å². The molecule has 0 aliphatic carbocycles. The molecule has 1 atom stereocenters. The zero-order valence-electron chi connectivity index (χ0n) is 12.4. The lowest BCUT2D eigenvalue weighted by atomic mass is 9.99. The second-order valence-electron chi connectivity index (χ2n) is 5.49. The maximum absolute atomic E-state index is 13.9. The lowest BCUT2D eigenvalue weighted by Gasteiger charge is -2.31. The maximum atomic E-state index is 13.9. The van der Waals surface area contributed by atoms with Crippen LogP contribution in [0.4, 0.5) is 14.9 Å². The second-order valence-corrected chi connectivity index (χ2v) is 5.49. The normalized spacial score (nSPS) is 18.0. The molecule has 8 nitrogen and oxygen atoms in total. The number of hydrogen-bond acceptors (Lipinski definition) is 5. The first-order chi connectivity index (χ1) is 11.2. The topological polar surface area (TPSA) is 96.2 Å². The number of aromatic nitrogens is 4. The van der Waals surface area contributed by atoms with Crippen LogP contribution in [-0.4, -0.2) is 55.9 Å². The van der Waals surface area contributed by atoms with Crippen LogP contribution in [0.1, 0.15) is 12.8 Å². The molecule has 1 unspecified atom stereocenters. The molecule has 2 N–H and O–H groups in total. The van der Waals surface area contributed by atoms with Crippen LogP contribution in [0.15, 0.2) is 24.5 Å². The van der Waals surface area contributed by atoms with Crippen LogP contribution in [0.2, 0.25) is 0 Å². The lowest BCUT2D eigenvalue weighted by molar-refractivity contribution is 0.136. The molecule has 23 heavy (non-hydrogen) atoms. The third-order valence-corrected chi connectivity index (χ3v) is 3.87. The average molecular weight is 320 g/mol. The van der Waals surface area contributed by atoms with Gasteiger partial charge in [0, 0.05) is 19.7 Å². The number of aliphatic hydroxyl groups is 1. The molecular weight excluding hydrogens is 303 g/mol. The highest BCUT2D eigenvalue weighted by molar-refractivity contribution is 5.89. The average Bonchev–Trinajstić information content (AvgIpc) is 3.11. The van der Waals surface area contributed by atoms with Crippen LogP contribution >= 0.6 is 0 Å². The first-order valence-electron chi connectivity index (χ1n) is 7.37. The number of amides is 2. The number of nitrogens with zero attached hydrogens (tertiary/aromatic N) is 5. The summed E-state index contributed by atoms with van der Waals surface area (Å²) in [7, 11) is 0. The minimum Gasteiger partial charge on any atom is -0.396 e. The summed E-state index contributed by atoms with van der Waals surface area (Å²) >= 11 is 0. The van der Waals surface area contributed by atoms with E-state index in [4.69, 9.17) is 0 Å². The molecule has 122 valence electrons. The van der Waals surface area contributed by atoms with Gasteiger partial charge in [0.1, 0.15) is 12.1 Å². The van der Waals surface area contributed by atoms with Crippen LogP contribution in [-0.2, 0) is 0 Å². The number of anilines is 1. The predicted molar refractivity (Wildman–Crippen MR) is 79.5 cm³/mol. The smallest absolute Gasteiger partial charge is 0.321 e. The van der Waals surface area contributed by atoms with E-state index in [1.54, 1.807) is 4.90 Å². The number of urea groups is 1. The van der Waals surface area contributed by atoms with E-state index < -0.39 is 5.82 Å². The summed E-state index contributed by atoms with van der Waals surface area (Å²) in [4.78, 5) is 13.9. The number of rotatable bonds is 3. The summed E-state index contributed by atoms with van der Waals surface area (Å²) in [6.07, 6.45) is 3.10. The summed E-state index contributed by atoms with van der Waals surface area (Å²) in [6, 6.07) is 3.86. The van der Waals surface area contributed by atoms with Crippen molar-refractivity contribution < 1.29 is 14.3 Å². The molecule has 2 heterocycles. The van der Waals surface area contributed by atoms with Crippen molar-refractivity contribution in [3.8, 4) is 5.69 Å². The Morgan fingerprint density at radius 2 is 2.35 bits per heavy atom. The van der Waals surface area contributed by atoms with Gasteiger partial charge in [-0.15, -0.1) is 5.10 Å². The maximum Gasteiger partial charge on any atom is 0.321 e. The van der Waals surface area contributed by atoms with Gasteiger partial charge in [-0.2, -0.15) is 0 Å². The molecule has 0 spiro atoms. The molecule has 1 aliphatic heterocycles. The van der Waals surface area contributed by atoms with E-state index in [0.717, 1.165) is 12.8 Å². The van der Waals surface area contributed by atoms with Gasteiger partial charge in [0.2, 0.25) is 0 Å². The van der Waals surface area contributed by atoms with Gasteiger partial charge in [-0.05, 0) is 47.4 Å². The van der Waals surface area contributed by atoms with Crippen molar-refractivity contribution >= 4 is 11.7 Å². The highest BCUT2D eigenvalue weighted by Crippen LogP contribution is 2.21. The quantitative estimate of drug-likeness (QED) is 0.881. The van der Waals surface area contributed by atoms with Gasteiger partial charge in [0.05, 0.1) is 11.4 Å². The van der Waals surface area contributed by atoms with Gasteiger partial charge in [0.15, 0.2) is 0 Å². The third-order valence-electron chi connectivity index (χ3n) is 3.87. The van der Waals surface area contributed by atoms with Crippen molar-refractivity contribution in [1.82, 2.24) is 25.1 Å². The van der Waals surface area contributed by atoms with Gasteiger partial charge >= 0.3 is 6.03 Å². The van der Waals surface area contributed by atoms with E-state index >= 15 is 0 Å². The molecule has 3 rings (SSSR count). The number of benzene rings is 1. The molecule has 0 radical (unpaired) electrons. The number of carbonyl (C=O) groups excluding carboxylic acids is 1. The molecule has 2 amide bonds. The number of carbonyl (C=O) groups is 1. The molecular formula is C14H17FN6O2. The summed E-state index contributed by atoms with van der Waals surface area (Å²) < 4.78 is 15.3. The monoisotopic (exact) mass is 320 g/mol. The highest BCUT2D eigenvalue weighted by Gasteiger charge is 2.23. The minimum absolute atomic E-state index is 0.0485. The first-order valence-corrected chi connectivity index (χ1v) is 7.37. The Labute approximate surface area is 131 Å². The summed E-state index contributed by atoms with van der Waals surface area (Å²) in [5.41, 5.74) is 0.604. The molecule has 1 saturated heterocycles. The molecule has 2 aromatic rings. The number of piperidine rings is 1. The van der Waals surface area contributed by atoms with Crippen LogP contribution in [0.5, 0.6) is 0 Å². The van der Waals surface area contributed by atoms with Gasteiger partial charge in [-0.1, -0.05) is 0 Å². The van der Waals surface area contributed by atoms with Crippen molar-refractivity contribution in [3.63, 3.8) is 0 Å². The molecule has 1 aromatic heterocycles. The number of hydrogen-bond donors (Lipinski definition) is 2. The molecule has 1 fully saturated rings. The summed E-state index contributed by atoms with van der Waals surface area (Å²) in [6.45, 7) is 1.11. The van der Waals surface area contributed by atoms with E-state index in [1.165, 1.54) is 29.2 Å². The zero-order chi connectivity index (χ0) is 16.2. The standard InChI is InChI=1S/C14H17FN6O2/c15-12-4-3-11(21-9-16-18-19-21)6-13(12)17-14(23)20-5-1-2-10(7-20)8-22/h3-4,6,9-10,22H,1-2,5,7-8H2,(H,17,23). The molecule has 0 bridgehead atoms. The molecule has 1 aromatic carbocycles. The fourth-order valence-corrected chi connectivity index (χ4v) is 2.62. The highest BCUT2D eigenvalue weighted by atomic mass is 19.1. The largest absolute Gasteiger partial charge is 0.396 e. The number of tetrazole rings is 1. The van der Waals surface area contributed by atoms with Crippen molar-refractivity contribution in [2.45, 2.75) is 12.8 Å². The zero-order valence-corrected chi connectivity index (χ0v) is 12.4. The Balaban J connectivity index is 1.74. The summed E-state index contributed by atoms with van der Waals surface area (Å²) in [5, 5.41) is 22.6. The molecule has 1 aliphatic rings. The van der Waals surface area contributed by atoms with Crippen molar-refractivity contribution in [3.05, 3.63) is 30.3 Å². The second kappa shape index (κ2) is 6.69. The van der Waals surface area contributed by atoms with Crippen LogP contribution < -0.4 is 5.32 Å². The van der Waals surface area contributed by atoms with Crippen molar-refractivity contribution in [2.24, 2.45) is 5.92 Å². The first kappa shape index (κ1) is 15.3. The Hall–Kier alpha value is -2.55. The molecule has 0 saturated carbocycles. The van der Waals surface area contributed by atoms with Gasteiger partial charge in [0.25, 0.3) is 0 Å². The Bertz CT molecular complexity index is 678. The SMILES string of the molecule is O=C(Nc1cc(-n2cnnn2)ccc1F)N1CCCC(CO)C1. The Kier molecular flexibility index (Phi) is 4.47. The number of halogens is 1. The van der Waals surface area contributed by atoms with Crippen molar-refractivity contribution in [1.29, 1.82) is 0 Å². The number of nitrogens with one attached hydrogen (secondary N) is 1. The van der Waals surface area contributed by atoms with Gasteiger partial charge < -0.3 is 15.3 Å². The van der Waals surface area contributed by atoms with E-state index in [0.29, 0.717) is 18.8 Å². The summed E-state index contributed by atoms with van der Waals surface area (Å²) in [5.74, 6) is -0.460. The fourth-order valence-electron chi connectivity index (χ4n) is 2.62. The third kappa shape index (κ3) is 3.45. The number of aliphatic hydroxyl groups excluding tert-OH is 1. The lowest BCUT2D eigenvalue weighted by Crippen LogP contribution is -2.43. The van der Waals surface area contributed by atoms with E-state index in [9.17, 15) is 14.3 Å². The van der Waals surface area contributed by atoms with E-state index in [-0.39, 0.29) is 24.2 Å². The van der Waals surface area contributed by atoms with Crippen LogP contribution in [0.25, 0.3) is 5.69 Å². The van der Waals surface area contributed by atoms with Gasteiger partial charge in [-0.25, -0.2) is 13.9 Å². The van der Waals surface area contributed by atoms with Crippen molar-refractivity contribution in [2.75, 3.05) is 25.0 Å².